The number of pyridine rings is 1. The second-order valence-corrected chi connectivity index (χ2v) is 4.45. The summed E-state index contributed by atoms with van der Waals surface area (Å²) in [7, 11) is 4.53. The molecule has 0 spiro atoms. The van der Waals surface area contributed by atoms with Crippen LogP contribution in [-0.2, 0) is 4.74 Å². The van der Waals surface area contributed by atoms with Crippen molar-refractivity contribution in [3.63, 3.8) is 0 Å². The first-order valence-corrected chi connectivity index (χ1v) is 6.06. The van der Waals surface area contributed by atoms with Crippen LogP contribution in [0.1, 0.15) is 21.0 Å². The lowest BCUT2D eigenvalue weighted by molar-refractivity contribution is 0.0593. The summed E-state index contributed by atoms with van der Waals surface area (Å²) in [5.41, 5.74) is 6.53. The Hall–Kier alpha value is -2.90. The van der Waals surface area contributed by atoms with Gasteiger partial charge in [-0.3, -0.25) is 4.79 Å². The Balaban J connectivity index is 2.42. The van der Waals surface area contributed by atoms with E-state index in [4.69, 9.17) is 5.73 Å². The number of carbonyl (C=O) groups excluding carboxylic acids is 2. The van der Waals surface area contributed by atoms with Crippen molar-refractivity contribution >= 4 is 17.6 Å². The van der Waals surface area contributed by atoms with Gasteiger partial charge in [0.15, 0.2) is 17.2 Å². The number of aromatic nitrogens is 3. The highest BCUT2D eigenvalue weighted by molar-refractivity contribution is 5.92. The van der Waals surface area contributed by atoms with Crippen molar-refractivity contribution in [3.8, 4) is 5.82 Å². The lowest BCUT2D eigenvalue weighted by Gasteiger charge is -2.08. The summed E-state index contributed by atoms with van der Waals surface area (Å²) in [5.74, 6) is -0.555. The summed E-state index contributed by atoms with van der Waals surface area (Å²) in [6.07, 6.45) is 1.55. The van der Waals surface area contributed by atoms with Crippen molar-refractivity contribution in [3.05, 3.63) is 35.8 Å². The number of amides is 1. The minimum absolute atomic E-state index is 0.109. The van der Waals surface area contributed by atoms with E-state index < -0.39 is 5.97 Å². The first-order valence-electron chi connectivity index (χ1n) is 6.06. The van der Waals surface area contributed by atoms with E-state index in [0.29, 0.717) is 5.69 Å². The summed E-state index contributed by atoms with van der Waals surface area (Å²) in [4.78, 5) is 28.8. The molecule has 1 amide bonds. The third-order valence-corrected chi connectivity index (χ3v) is 2.73. The van der Waals surface area contributed by atoms with Crippen LogP contribution in [0.2, 0.25) is 0 Å². The van der Waals surface area contributed by atoms with Gasteiger partial charge in [0.1, 0.15) is 0 Å². The number of nitrogens with two attached hydrogens (primary N) is 1. The zero-order chi connectivity index (χ0) is 15.6. The molecular formula is C13H15N5O3. The average molecular weight is 289 g/mol. The van der Waals surface area contributed by atoms with Crippen LogP contribution >= 0.6 is 0 Å². The minimum Gasteiger partial charge on any atom is -0.464 e. The Kier molecular flexibility index (Phi) is 3.88. The molecule has 0 aliphatic heterocycles. The number of anilines is 1. The van der Waals surface area contributed by atoms with Crippen molar-refractivity contribution in [1.82, 2.24) is 19.7 Å². The van der Waals surface area contributed by atoms with Crippen molar-refractivity contribution in [1.29, 1.82) is 0 Å². The molecule has 0 fully saturated rings. The van der Waals surface area contributed by atoms with Gasteiger partial charge >= 0.3 is 5.97 Å². The van der Waals surface area contributed by atoms with Crippen LogP contribution in [0.4, 0.5) is 5.69 Å². The van der Waals surface area contributed by atoms with Crippen LogP contribution in [0.15, 0.2) is 24.4 Å². The summed E-state index contributed by atoms with van der Waals surface area (Å²) in [6.45, 7) is 0. The molecule has 21 heavy (non-hydrogen) atoms. The fourth-order valence-corrected chi connectivity index (χ4v) is 1.65. The van der Waals surface area contributed by atoms with Crippen LogP contribution in [0, 0.1) is 0 Å². The third kappa shape index (κ3) is 2.83. The first-order chi connectivity index (χ1) is 9.93. The van der Waals surface area contributed by atoms with E-state index in [1.54, 1.807) is 26.4 Å². The maximum absolute atomic E-state index is 11.8. The molecule has 0 saturated heterocycles. The van der Waals surface area contributed by atoms with Gasteiger partial charge in [-0.1, -0.05) is 0 Å². The largest absolute Gasteiger partial charge is 0.464 e. The van der Waals surface area contributed by atoms with Crippen molar-refractivity contribution in [2.45, 2.75) is 0 Å². The Morgan fingerprint density at radius 2 is 1.95 bits per heavy atom. The Morgan fingerprint density at radius 3 is 2.57 bits per heavy atom. The van der Waals surface area contributed by atoms with E-state index >= 15 is 0 Å². The van der Waals surface area contributed by atoms with Crippen molar-refractivity contribution in [2.75, 3.05) is 26.9 Å². The number of rotatable bonds is 3. The summed E-state index contributed by atoms with van der Waals surface area (Å²) in [5, 5.41) is 4.12. The third-order valence-electron chi connectivity index (χ3n) is 2.73. The molecule has 8 heteroatoms. The summed E-state index contributed by atoms with van der Waals surface area (Å²) in [6, 6.07) is 4.54. The van der Waals surface area contributed by atoms with E-state index in [1.807, 2.05) is 0 Å². The molecule has 0 aliphatic carbocycles. The number of ether oxygens (including phenoxy) is 1. The summed E-state index contributed by atoms with van der Waals surface area (Å²) >= 11 is 0. The standard InChI is InChI=1S/C13H15N5O3/c1-17(2)12(19)9-6-7-18(16-9)11-8(14)4-5-10(15-11)13(20)21-3/h4-7H,14H2,1-3H3. The van der Waals surface area contributed by atoms with Gasteiger partial charge in [0.25, 0.3) is 5.91 Å². The van der Waals surface area contributed by atoms with Gasteiger partial charge in [-0.2, -0.15) is 5.10 Å². The number of nitrogens with zero attached hydrogens (tertiary/aromatic N) is 4. The zero-order valence-electron chi connectivity index (χ0n) is 11.9. The molecule has 0 radical (unpaired) electrons. The Morgan fingerprint density at radius 1 is 1.24 bits per heavy atom. The van der Waals surface area contributed by atoms with Crippen LogP contribution in [-0.4, -0.2) is 52.7 Å². The van der Waals surface area contributed by atoms with Crippen LogP contribution < -0.4 is 5.73 Å². The predicted molar refractivity (Wildman–Crippen MR) is 75.1 cm³/mol. The second kappa shape index (κ2) is 5.61. The quantitative estimate of drug-likeness (QED) is 0.817. The molecule has 110 valence electrons. The van der Waals surface area contributed by atoms with Gasteiger partial charge in [0.2, 0.25) is 0 Å². The van der Waals surface area contributed by atoms with E-state index in [9.17, 15) is 9.59 Å². The lowest BCUT2D eigenvalue weighted by Crippen LogP contribution is -2.22. The highest BCUT2D eigenvalue weighted by Crippen LogP contribution is 2.15. The molecule has 2 rings (SSSR count). The van der Waals surface area contributed by atoms with Gasteiger partial charge in [0, 0.05) is 20.3 Å². The molecule has 8 nitrogen and oxygen atoms in total. The van der Waals surface area contributed by atoms with Crippen LogP contribution in [0.5, 0.6) is 0 Å². The van der Waals surface area contributed by atoms with Crippen LogP contribution in [0.25, 0.3) is 5.82 Å². The molecular weight excluding hydrogens is 274 g/mol. The molecule has 0 aliphatic rings. The van der Waals surface area contributed by atoms with Gasteiger partial charge in [-0.05, 0) is 18.2 Å². The maximum Gasteiger partial charge on any atom is 0.356 e. The molecule has 2 N–H and O–H groups in total. The SMILES string of the molecule is COC(=O)c1ccc(N)c(-n2ccc(C(=O)N(C)C)n2)n1. The van der Waals surface area contributed by atoms with Gasteiger partial charge < -0.3 is 15.4 Å². The van der Waals surface area contributed by atoms with E-state index in [-0.39, 0.29) is 23.1 Å². The topological polar surface area (TPSA) is 103 Å². The normalized spacial score (nSPS) is 10.2. The molecule has 0 bridgehead atoms. The van der Waals surface area contributed by atoms with E-state index in [0.717, 1.165) is 0 Å². The van der Waals surface area contributed by atoms with Gasteiger partial charge in [-0.25, -0.2) is 14.5 Å². The fraction of sp³-hybridized carbons (Fsp3) is 0.231. The predicted octanol–water partition coefficient (Wildman–Crippen LogP) is 0.338. The number of methoxy groups -OCH3 is 1. The van der Waals surface area contributed by atoms with Crippen LogP contribution in [0.3, 0.4) is 0 Å². The molecule has 2 aromatic heterocycles. The van der Waals surface area contributed by atoms with Crippen molar-refractivity contribution in [2.24, 2.45) is 0 Å². The molecule has 0 saturated carbocycles. The van der Waals surface area contributed by atoms with E-state index in [2.05, 4.69) is 14.8 Å². The molecule has 0 atom stereocenters. The summed E-state index contributed by atoms with van der Waals surface area (Å²) < 4.78 is 5.95. The smallest absolute Gasteiger partial charge is 0.356 e. The second-order valence-electron chi connectivity index (χ2n) is 4.45. The fourth-order valence-electron chi connectivity index (χ4n) is 1.65. The highest BCUT2D eigenvalue weighted by atomic mass is 16.5. The number of nitrogen functional groups attached to an aromatic ring is 1. The molecule has 2 heterocycles. The molecule has 0 aromatic carbocycles. The van der Waals surface area contributed by atoms with Crippen molar-refractivity contribution < 1.29 is 14.3 Å². The van der Waals surface area contributed by atoms with Gasteiger partial charge in [-0.15, -0.1) is 0 Å². The molecule has 2 aromatic rings. The zero-order valence-corrected chi connectivity index (χ0v) is 11.9. The first kappa shape index (κ1) is 14.5. The van der Waals surface area contributed by atoms with Gasteiger partial charge in [0.05, 0.1) is 12.8 Å². The average Bonchev–Trinajstić information content (AvgIpc) is 2.95. The number of esters is 1. The Bertz CT molecular complexity index is 693. The minimum atomic E-state index is -0.576. The maximum atomic E-state index is 11.8. The Labute approximate surface area is 121 Å². The monoisotopic (exact) mass is 289 g/mol. The number of carbonyl (C=O) groups is 2. The van der Waals surface area contributed by atoms with E-state index in [1.165, 1.54) is 28.8 Å². The number of hydrogen-bond acceptors (Lipinski definition) is 6. The highest BCUT2D eigenvalue weighted by Gasteiger charge is 2.15. The molecule has 0 unspecified atom stereocenters. The lowest BCUT2D eigenvalue weighted by atomic mass is 10.3. The number of hydrogen-bond donors (Lipinski definition) is 1.